The second-order valence-corrected chi connectivity index (χ2v) is 4.39. The molecule has 0 aliphatic heterocycles. The average molecular weight is 293 g/mol. The highest BCUT2D eigenvalue weighted by Crippen LogP contribution is 2.14. The summed E-state index contributed by atoms with van der Waals surface area (Å²) in [6.07, 6.45) is 3.37. The number of halogens is 1. The predicted molar refractivity (Wildman–Crippen MR) is 77.0 cm³/mol. The largest absolute Gasteiger partial charge is 0.411 e. The van der Waals surface area contributed by atoms with Gasteiger partial charge in [0.25, 0.3) is 0 Å². The van der Waals surface area contributed by atoms with Crippen molar-refractivity contribution in [1.82, 2.24) is 9.78 Å². The predicted octanol–water partition coefficient (Wildman–Crippen LogP) is 2.73. The van der Waals surface area contributed by atoms with Crippen molar-refractivity contribution in [2.24, 2.45) is 10.3 Å². The molecule has 1 heterocycles. The lowest BCUT2D eigenvalue weighted by Gasteiger charge is -2.01. The van der Waals surface area contributed by atoms with Gasteiger partial charge in [-0.2, -0.15) is 5.10 Å². The monoisotopic (exact) mass is 292 g/mol. The molecule has 20 heavy (non-hydrogen) atoms. The normalized spacial score (nSPS) is 12.6. The zero-order chi connectivity index (χ0) is 14.5. The number of hydrogen-bond donors (Lipinski definition) is 1. The van der Waals surface area contributed by atoms with Crippen molar-refractivity contribution in [2.75, 3.05) is 7.11 Å². The van der Waals surface area contributed by atoms with E-state index in [1.165, 1.54) is 7.11 Å². The second kappa shape index (κ2) is 6.21. The minimum Gasteiger partial charge on any atom is -0.411 e. The Labute approximate surface area is 120 Å². The van der Waals surface area contributed by atoms with E-state index in [1.54, 1.807) is 36.1 Å². The van der Waals surface area contributed by atoms with E-state index in [-0.39, 0.29) is 0 Å². The maximum absolute atomic E-state index is 8.86. The van der Waals surface area contributed by atoms with E-state index in [0.717, 1.165) is 5.69 Å². The van der Waals surface area contributed by atoms with E-state index in [1.807, 2.05) is 12.1 Å². The van der Waals surface area contributed by atoms with Gasteiger partial charge in [0.2, 0.25) is 0 Å². The Bertz CT molecular complexity index is 647. The third-order valence-corrected chi connectivity index (χ3v) is 2.87. The smallest absolute Gasteiger partial charge is 0.137 e. The van der Waals surface area contributed by atoms with Gasteiger partial charge in [0, 0.05) is 16.8 Å². The van der Waals surface area contributed by atoms with Crippen molar-refractivity contribution in [3.63, 3.8) is 0 Å². The Balaban J connectivity index is 2.37. The quantitative estimate of drug-likeness (QED) is 0.535. The summed E-state index contributed by atoms with van der Waals surface area (Å²) >= 11 is 5.85. The van der Waals surface area contributed by atoms with Gasteiger partial charge in [-0.1, -0.05) is 21.9 Å². The van der Waals surface area contributed by atoms with Gasteiger partial charge >= 0.3 is 0 Å². The molecule has 0 saturated heterocycles. The van der Waals surface area contributed by atoms with Gasteiger partial charge in [0.05, 0.1) is 11.9 Å². The Morgan fingerprint density at radius 1 is 1.35 bits per heavy atom. The van der Waals surface area contributed by atoms with Crippen molar-refractivity contribution in [2.45, 2.75) is 6.92 Å². The Hall–Kier alpha value is -2.34. The molecule has 104 valence electrons. The first-order chi connectivity index (χ1) is 9.65. The standard InChI is InChI=1S/C13H13ClN4O2/c1-9(16-19)13(17-20-2)10-7-15-18(8-10)12-5-3-11(14)4-6-12/h3-8,19H,1-2H3/b16-9+,17-13+. The molecule has 2 aromatic rings. The highest BCUT2D eigenvalue weighted by Gasteiger charge is 2.12. The summed E-state index contributed by atoms with van der Waals surface area (Å²) in [7, 11) is 1.42. The zero-order valence-corrected chi connectivity index (χ0v) is 11.7. The first-order valence-corrected chi connectivity index (χ1v) is 6.14. The van der Waals surface area contributed by atoms with Gasteiger partial charge in [-0.25, -0.2) is 4.68 Å². The minimum absolute atomic E-state index is 0.336. The second-order valence-electron chi connectivity index (χ2n) is 3.96. The summed E-state index contributed by atoms with van der Waals surface area (Å²) in [4.78, 5) is 4.75. The van der Waals surface area contributed by atoms with Crippen LogP contribution in [0.15, 0.2) is 47.0 Å². The summed E-state index contributed by atoms with van der Waals surface area (Å²) in [5.41, 5.74) is 2.28. The lowest BCUT2D eigenvalue weighted by Crippen LogP contribution is -2.12. The third kappa shape index (κ3) is 2.97. The first kappa shape index (κ1) is 14.1. The molecule has 0 atom stereocenters. The molecule has 0 spiro atoms. The molecule has 1 N–H and O–H groups in total. The molecule has 0 radical (unpaired) electrons. The summed E-state index contributed by atoms with van der Waals surface area (Å²) in [5.74, 6) is 0. The van der Waals surface area contributed by atoms with E-state index in [2.05, 4.69) is 15.4 Å². The van der Waals surface area contributed by atoms with Crippen molar-refractivity contribution < 1.29 is 10.0 Å². The fourth-order valence-corrected chi connectivity index (χ4v) is 1.77. The van der Waals surface area contributed by atoms with Gasteiger partial charge in [0.1, 0.15) is 18.5 Å². The molecule has 7 heteroatoms. The minimum atomic E-state index is 0.336. The van der Waals surface area contributed by atoms with Crippen LogP contribution in [0.4, 0.5) is 0 Å². The van der Waals surface area contributed by atoms with E-state index < -0.39 is 0 Å². The zero-order valence-electron chi connectivity index (χ0n) is 11.0. The maximum Gasteiger partial charge on any atom is 0.137 e. The van der Waals surface area contributed by atoms with E-state index in [0.29, 0.717) is 22.0 Å². The molecule has 1 aromatic heterocycles. The number of aromatic nitrogens is 2. The van der Waals surface area contributed by atoms with Gasteiger partial charge in [-0.15, -0.1) is 0 Å². The van der Waals surface area contributed by atoms with Gasteiger partial charge in [0.15, 0.2) is 0 Å². The average Bonchev–Trinajstić information content (AvgIpc) is 2.94. The summed E-state index contributed by atoms with van der Waals surface area (Å²) < 4.78 is 1.67. The van der Waals surface area contributed by atoms with Crippen molar-refractivity contribution >= 4 is 23.0 Å². The number of nitrogens with zero attached hydrogens (tertiary/aromatic N) is 4. The molecule has 0 fully saturated rings. The molecule has 0 amide bonds. The molecule has 6 nitrogen and oxygen atoms in total. The molecule has 0 aliphatic rings. The molecular weight excluding hydrogens is 280 g/mol. The van der Waals surface area contributed by atoms with Crippen LogP contribution >= 0.6 is 11.6 Å². The Morgan fingerprint density at radius 3 is 2.65 bits per heavy atom. The number of rotatable bonds is 4. The van der Waals surface area contributed by atoms with Gasteiger partial charge < -0.3 is 10.0 Å². The number of hydrogen-bond acceptors (Lipinski definition) is 5. The Morgan fingerprint density at radius 2 is 2.05 bits per heavy atom. The van der Waals surface area contributed by atoms with Crippen molar-refractivity contribution in [1.29, 1.82) is 0 Å². The third-order valence-electron chi connectivity index (χ3n) is 2.62. The van der Waals surface area contributed by atoms with Crippen LogP contribution in [0.1, 0.15) is 12.5 Å². The highest BCUT2D eigenvalue weighted by molar-refractivity contribution is 6.47. The van der Waals surface area contributed by atoms with Gasteiger partial charge in [-0.3, -0.25) is 0 Å². The lowest BCUT2D eigenvalue weighted by molar-refractivity contribution is 0.214. The van der Waals surface area contributed by atoms with Crippen molar-refractivity contribution in [3.05, 3.63) is 47.2 Å². The number of oxime groups is 2. The molecule has 0 saturated carbocycles. The number of benzene rings is 1. The Kier molecular flexibility index (Phi) is 4.37. The van der Waals surface area contributed by atoms with Crippen LogP contribution in [-0.4, -0.2) is 33.5 Å². The maximum atomic E-state index is 8.86. The van der Waals surface area contributed by atoms with Crippen LogP contribution in [0, 0.1) is 0 Å². The fraction of sp³-hybridized carbons (Fsp3) is 0.154. The van der Waals surface area contributed by atoms with E-state index in [4.69, 9.17) is 21.6 Å². The van der Waals surface area contributed by atoms with Crippen LogP contribution in [0.3, 0.4) is 0 Å². The molecule has 0 aliphatic carbocycles. The lowest BCUT2D eigenvalue weighted by atomic mass is 10.1. The van der Waals surface area contributed by atoms with E-state index in [9.17, 15) is 0 Å². The fourth-order valence-electron chi connectivity index (χ4n) is 1.65. The molecule has 1 aromatic carbocycles. The molecular formula is C13H13ClN4O2. The molecule has 0 unspecified atom stereocenters. The van der Waals surface area contributed by atoms with Crippen LogP contribution < -0.4 is 0 Å². The van der Waals surface area contributed by atoms with Gasteiger partial charge in [-0.05, 0) is 31.2 Å². The van der Waals surface area contributed by atoms with Crippen LogP contribution in [0.5, 0.6) is 0 Å². The van der Waals surface area contributed by atoms with Crippen LogP contribution in [-0.2, 0) is 4.84 Å². The summed E-state index contributed by atoms with van der Waals surface area (Å²) in [6.45, 7) is 1.62. The summed E-state index contributed by atoms with van der Waals surface area (Å²) in [5, 5.41) is 20.7. The van der Waals surface area contributed by atoms with Crippen LogP contribution in [0.25, 0.3) is 5.69 Å². The SMILES string of the molecule is CO/N=C(\C(C)=N\O)c1cnn(-c2ccc(Cl)cc2)c1. The van der Waals surface area contributed by atoms with Crippen LogP contribution in [0.2, 0.25) is 5.02 Å². The van der Waals surface area contributed by atoms with Crippen molar-refractivity contribution in [3.8, 4) is 5.69 Å². The molecule has 2 rings (SSSR count). The highest BCUT2D eigenvalue weighted by atomic mass is 35.5. The topological polar surface area (TPSA) is 72.0 Å². The van der Waals surface area contributed by atoms with E-state index >= 15 is 0 Å². The summed E-state index contributed by atoms with van der Waals surface area (Å²) in [6, 6.07) is 7.25. The molecule has 0 bridgehead atoms. The first-order valence-electron chi connectivity index (χ1n) is 5.77.